The molecule has 9 nitrogen and oxygen atoms in total. The van der Waals surface area contributed by atoms with Gasteiger partial charge in [-0.1, -0.05) is 0 Å². The summed E-state index contributed by atoms with van der Waals surface area (Å²) in [5.74, 6) is 0.0924. The quantitative estimate of drug-likeness (QED) is 0.388. The average molecular weight is 384 g/mol. The summed E-state index contributed by atoms with van der Waals surface area (Å²) in [6, 6.07) is 10.8. The van der Waals surface area contributed by atoms with Crippen LogP contribution in [0.4, 0.5) is 11.4 Å². The molecule has 3 aromatic rings. The van der Waals surface area contributed by atoms with Crippen LogP contribution in [0.25, 0.3) is 11.5 Å². The minimum absolute atomic E-state index is 0.161. The van der Waals surface area contributed by atoms with Crippen LogP contribution in [0, 0.1) is 10.1 Å². The number of carbonyl (C=O) groups excluding carboxylic acids is 2. The first-order valence-corrected chi connectivity index (χ1v) is 8.41. The number of carbonyl (C=O) groups is 2. The number of nitro groups is 1. The van der Waals surface area contributed by atoms with Crippen molar-refractivity contribution < 1.29 is 18.9 Å². The van der Waals surface area contributed by atoms with Crippen molar-refractivity contribution >= 4 is 35.3 Å². The van der Waals surface area contributed by atoms with E-state index < -0.39 is 4.92 Å². The molecular formula is C17H12N4O5S. The lowest BCUT2D eigenvalue weighted by atomic mass is 10.2. The maximum absolute atomic E-state index is 11.2. The maximum atomic E-state index is 11.2. The van der Waals surface area contributed by atoms with E-state index in [1.54, 1.807) is 24.3 Å². The monoisotopic (exact) mass is 384 g/mol. The van der Waals surface area contributed by atoms with Crippen molar-refractivity contribution in [2.24, 2.45) is 0 Å². The van der Waals surface area contributed by atoms with Gasteiger partial charge in [0.1, 0.15) is 0 Å². The highest BCUT2D eigenvalue weighted by molar-refractivity contribution is 7.99. The van der Waals surface area contributed by atoms with Gasteiger partial charge in [0.2, 0.25) is 11.8 Å². The summed E-state index contributed by atoms with van der Waals surface area (Å²) < 4.78 is 5.58. The Morgan fingerprint density at radius 1 is 1.22 bits per heavy atom. The molecule has 0 atom stereocenters. The van der Waals surface area contributed by atoms with Crippen molar-refractivity contribution in [2.75, 3.05) is 5.32 Å². The van der Waals surface area contributed by atoms with Gasteiger partial charge in [-0.25, -0.2) is 0 Å². The molecule has 27 heavy (non-hydrogen) atoms. The number of nitrogens with zero attached hydrogens (tertiary/aromatic N) is 3. The third-order valence-corrected chi connectivity index (χ3v) is 4.32. The van der Waals surface area contributed by atoms with Crippen LogP contribution in [-0.2, 0) is 4.79 Å². The van der Waals surface area contributed by atoms with E-state index in [1.165, 1.54) is 25.1 Å². The molecule has 0 saturated heterocycles. The van der Waals surface area contributed by atoms with Gasteiger partial charge >= 0.3 is 0 Å². The molecule has 0 spiro atoms. The smallest absolute Gasteiger partial charge is 0.281 e. The molecule has 0 unspecified atom stereocenters. The standard InChI is InChI=1S/C17H12N4O5S/c1-10(23)18-13-4-2-11(3-5-13)16-19-20-17(26-16)27-15-7-6-14(21(24)25)8-12(15)9-22/h2-9H,1H3,(H,18,23). The molecule has 1 aromatic heterocycles. The van der Waals surface area contributed by atoms with Crippen molar-refractivity contribution in [1.29, 1.82) is 0 Å². The first kappa shape index (κ1) is 18.3. The first-order chi connectivity index (χ1) is 13.0. The van der Waals surface area contributed by atoms with Crippen LogP contribution in [0.5, 0.6) is 0 Å². The fraction of sp³-hybridized carbons (Fsp3) is 0.0588. The average Bonchev–Trinajstić information content (AvgIpc) is 3.10. The minimum atomic E-state index is -0.573. The van der Waals surface area contributed by atoms with E-state index in [0.717, 1.165) is 11.8 Å². The Morgan fingerprint density at radius 2 is 1.96 bits per heavy atom. The Kier molecular flexibility index (Phi) is 5.27. The summed E-state index contributed by atoms with van der Waals surface area (Å²) in [6.07, 6.45) is 0.535. The molecule has 0 aliphatic carbocycles. The number of benzene rings is 2. The van der Waals surface area contributed by atoms with Gasteiger partial charge in [0.15, 0.2) is 6.29 Å². The van der Waals surface area contributed by atoms with Crippen molar-refractivity contribution in [3.63, 3.8) is 0 Å². The molecule has 0 aliphatic heterocycles. The van der Waals surface area contributed by atoms with Gasteiger partial charge in [0, 0.05) is 40.8 Å². The van der Waals surface area contributed by atoms with Crippen molar-refractivity contribution in [3.8, 4) is 11.5 Å². The second kappa shape index (κ2) is 7.79. The van der Waals surface area contributed by atoms with E-state index in [0.29, 0.717) is 22.4 Å². The molecule has 0 aliphatic rings. The molecule has 1 amide bonds. The molecule has 10 heteroatoms. The number of nitro benzene ring substituents is 1. The lowest BCUT2D eigenvalue weighted by Crippen LogP contribution is -2.05. The SMILES string of the molecule is CC(=O)Nc1ccc(-c2nnc(Sc3ccc([N+](=O)[O-])cc3C=O)o2)cc1. The van der Waals surface area contributed by atoms with Gasteiger partial charge in [0.05, 0.1) is 4.92 Å². The molecule has 1 N–H and O–H groups in total. The fourth-order valence-corrected chi connectivity index (χ4v) is 2.95. The van der Waals surface area contributed by atoms with Crippen molar-refractivity contribution in [3.05, 3.63) is 58.1 Å². The Hall–Kier alpha value is -3.53. The first-order valence-electron chi connectivity index (χ1n) is 7.59. The largest absolute Gasteiger partial charge is 0.411 e. The molecule has 2 aromatic carbocycles. The van der Waals surface area contributed by atoms with E-state index >= 15 is 0 Å². The highest BCUT2D eigenvalue weighted by Gasteiger charge is 2.15. The molecule has 136 valence electrons. The van der Waals surface area contributed by atoms with E-state index in [1.807, 2.05) is 0 Å². The van der Waals surface area contributed by atoms with Gasteiger partial charge < -0.3 is 9.73 Å². The van der Waals surface area contributed by atoms with Gasteiger partial charge in [0.25, 0.3) is 10.9 Å². The predicted molar refractivity (Wildman–Crippen MR) is 96.6 cm³/mol. The van der Waals surface area contributed by atoms with Crippen molar-refractivity contribution in [1.82, 2.24) is 10.2 Å². The Balaban J connectivity index is 1.79. The fourth-order valence-electron chi connectivity index (χ4n) is 2.20. The predicted octanol–water partition coefficient (Wildman–Crippen LogP) is 3.57. The number of nitrogens with one attached hydrogen (secondary N) is 1. The van der Waals surface area contributed by atoms with Crippen LogP contribution >= 0.6 is 11.8 Å². The third-order valence-electron chi connectivity index (χ3n) is 3.39. The van der Waals surface area contributed by atoms with Gasteiger partial charge in [-0.15, -0.1) is 10.2 Å². The molecule has 0 fully saturated rings. The molecule has 1 heterocycles. The molecule has 0 bridgehead atoms. The van der Waals surface area contributed by atoms with E-state index in [2.05, 4.69) is 15.5 Å². The minimum Gasteiger partial charge on any atom is -0.411 e. The van der Waals surface area contributed by atoms with E-state index in [4.69, 9.17) is 4.42 Å². The van der Waals surface area contributed by atoms with Crippen LogP contribution in [0.15, 0.2) is 57.0 Å². The second-order valence-electron chi connectivity index (χ2n) is 5.33. The Labute approximate surface area is 156 Å². The molecule has 0 radical (unpaired) electrons. The van der Waals surface area contributed by atoms with Crippen molar-refractivity contribution in [2.45, 2.75) is 17.0 Å². The number of hydrogen-bond acceptors (Lipinski definition) is 8. The Bertz CT molecular complexity index is 1020. The summed E-state index contributed by atoms with van der Waals surface area (Å²) in [7, 11) is 0. The number of hydrogen-bond donors (Lipinski definition) is 1. The molecule has 3 rings (SSSR count). The number of non-ortho nitro benzene ring substituents is 1. The summed E-state index contributed by atoms with van der Waals surface area (Å²) in [6.45, 7) is 1.42. The van der Waals surface area contributed by atoms with E-state index in [9.17, 15) is 19.7 Å². The third kappa shape index (κ3) is 4.36. The number of anilines is 1. The van der Waals surface area contributed by atoms with Crippen LogP contribution in [-0.4, -0.2) is 27.3 Å². The van der Waals surface area contributed by atoms with Gasteiger partial charge in [-0.3, -0.25) is 19.7 Å². The molecule has 0 saturated carbocycles. The number of rotatable bonds is 6. The highest BCUT2D eigenvalue weighted by Crippen LogP contribution is 2.32. The van der Waals surface area contributed by atoms with E-state index in [-0.39, 0.29) is 28.3 Å². The van der Waals surface area contributed by atoms with Gasteiger partial charge in [-0.05, 0) is 42.1 Å². The zero-order valence-electron chi connectivity index (χ0n) is 13.9. The van der Waals surface area contributed by atoms with Crippen LogP contribution in [0.3, 0.4) is 0 Å². The Morgan fingerprint density at radius 3 is 2.59 bits per heavy atom. The molecular weight excluding hydrogens is 372 g/mol. The zero-order chi connectivity index (χ0) is 19.4. The second-order valence-corrected chi connectivity index (χ2v) is 6.32. The lowest BCUT2D eigenvalue weighted by Gasteiger charge is -2.02. The maximum Gasteiger partial charge on any atom is 0.281 e. The number of aldehydes is 1. The van der Waals surface area contributed by atoms with Crippen LogP contribution < -0.4 is 5.32 Å². The summed E-state index contributed by atoms with van der Waals surface area (Å²) in [4.78, 5) is 32.9. The summed E-state index contributed by atoms with van der Waals surface area (Å²) in [5, 5.41) is 21.5. The normalized spacial score (nSPS) is 10.4. The topological polar surface area (TPSA) is 128 Å². The highest BCUT2D eigenvalue weighted by atomic mass is 32.2. The summed E-state index contributed by atoms with van der Waals surface area (Å²) >= 11 is 1.04. The summed E-state index contributed by atoms with van der Waals surface area (Å²) in [5.41, 5.74) is 1.28. The van der Waals surface area contributed by atoms with Crippen LogP contribution in [0.2, 0.25) is 0 Å². The lowest BCUT2D eigenvalue weighted by molar-refractivity contribution is -0.384. The zero-order valence-corrected chi connectivity index (χ0v) is 14.7. The number of aromatic nitrogens is 2. The number of amides is 1. The van der Waals surface area contributed by atoms with Crippen LogP contribution in [0.1, 0.15) is 17.3 Å². The van der Waals surface area contributed by atoms with Gasteiger partial charge in [-0.2, -0.15) is 0 Å².